The molecular formula is C14H22N2O2. The van der Waals surface area contributed by atoms with Crippen LogP contribution in [0.3, 0.4) is 0 Å². The van der Waals surface area contributed by atoms with Gasteiger partial charge in [-0.25, -0.2) is 0 Å². The summed E-state index contributed by atoms with van der Waals surface area (Å²) in [5, 5.41) is 12.1. The molecule has 0 bridgehead atoms. The highest BCUT2D eigenvalue weighted by Gasteiger charge is 2.17. The molecule has 4 nitrogen and oxygen atoms in total. The van der Waals surface area contributed by atoms with Gasteiger partial charge in [-0.2, -0.15) is 0 Å². The topological polar surface area (TPSA) is 75.4 Å². The Bertz CT molecular complexity index is 387. The Morgan fingerprint density at radius 1 is 1.28 bits per heavy atom. The molecular weight excluding hydrogens is 228 g/mol. The number of carbonyl (C=O) groups is 1. The minimum Gasteiger partial charge on any atom is -0.508 e. The van der Waals surface area contributed by atoms with Crippen molar-refractivity contribution in [1.29, 1.82) is 0 Å². The van der Waals surface area contributed by atoms with E-state index in [2.05, 4.69) is 19.2 Å². The number of amides is 1. The van der Waals surface area contributed by atoms with E-state index in [0.29, 0.717) is 12.3 Å². The van der Waals surface area contributed by atoms with Gasteiger partial charge < -0.3 is 16.2 Å². The van der Waals surface area contributed by atoms with Crippen LogP contribution in [-0.2, 0) is 11.2 Å². The zero-order valence-corrected chi connectivity index (χ0v) is 11.2. The quantitative estimate of drug-likeness (QED) is 0.740. The second-order valence-electron chi connectivity index (χ2n) is 5.02. The fourth-order valence-corrected chi connectivity index (χ4v) is 1.48. The third-order valence-electron chi connectivity index (χ3n) is 3.10. The Kier molecular flexibility index (Phi) is 5.16. The Labute approximate surface area is 108 Å². The van der Waals surface area contributed by atoms with Gasteiger partial charge in [-0.15, -0.1) is 0 Å². The van der Waals surface area contributed by atoms with Crippen molar-refractivity contribution in [3.05, 3.63) is 29.8 Å². The van der Waals surface area contributed by atoms with Crippen molar-refractivity contribution in [1.82, 2.24) is 5.32 Å². The van der Waals surface area contributed by atoms with Gasteiger partial charge in [0.2, 0.25) is 5.91 Å². The number of nitrogens with two attached hydrogens (primary N) is 1. The lowest BCUT2D eigenvalue weighted by Gasteiger charge is -2.20. The second kappa shape index (κ2) is 6.40. The van der Waals surface area contributed by atoms with Gasteiger partial charge in [0.05, 0.1) is 6.04 Å². The summed E-state index contributed by atoms with van der Waals surface area (Å²) in [4.78, 5) is 11.8. The van der Waals surface area contributed by atoms with Crippen molar-refractivity contribution in [2.24, 2.45) is 11.7 Å². The molecule has 0 radical (unpaired) electrons. The summed E-state index contributed by atoms with van der Waals surface area (Å²) in [5.74, 6) is 0.462. The minimum atomic E-state index is -0.559. The molecule has 0 saturated heterocycles. The van der Waals surface area contributed by atoms with Crippen LogP contribution < -0.4 is 11.1 Å². The van der Waals surface area contributed by atoms with E-state index in [1.807, 2.05) is 6.92 Å². The number of benzene rings is 1. The molecule has 4 N–H and O–H groups in total. The number of hydrogen-bond acceptors (Lipinski definition) is 3. The first-order valence-electron chi connectivity index (χ1n) is 6.24. The predicted octanol–water partition coefficient (Wildman–Crippen LogP) is 1.42. The fraction of sp³-hybridized carbons (Fsp3) is 0.500. The first kappa shape index (κ1) is 14.5. The van der Waals surface area contributed by atoms with Crippen LogP contribution in [0.15, 0.2) is 24.3 Å². The number of nitrogens with one attached hydrogen (secondary N) is 1. The maximum atomic E-state index is 11.8. The highest BCUT2D eigenvalue weighted by atomic mass is 16.3. The van der Waals surface area contributed by atoms with Crippen molar-refractivity contribution in [2.75, 3.05) is 0 Å². The molecule has 0 aliphatic carbocycles. The van der Waals surface area contributed by atoms with Crippen LogP contribution in [0.25, 0.3) is 0 Å². The summed E-state index contributed by atoms with van der Waals surface area (Å²) < 4.78 is 0. The minimum absolute atomic E-state index is 0.114. The molecule has 2 atom stereocenters. The molecule has 0 fully saturated rings. The van der Waals surface area contributed by atoms with E-state index in [-0.39, 0.29) is 17.7 Å². The lowest BCUT2D eigenvalue weighted by atomic mass is 10.0. The summed E-state index contributed by atoms with van der Waals surface area (Å²) in [6, 6.07) is 6.29. The van der Waals surface area contributed by atoms with Gasteiger partial charge in [-0.1, -0.05) is 26.0 Å². The van der Waals surface area contributed by atoms with Crippen molar-refractivity contribution < 1.29 is 9.90 Å². The number of phenols is 1. The molecule has 1 rings (SSSR count). The molecule has 0 heterocycles. The molecule has 0 aliphatic rings. The lowest BCUT2D eigenvalue weighted by Crippen LogP contribution is -2.47. The van der Waals surface area contributed by atoms with Crippen LogP contribution in [0.2, 0.25) is 0 Å². The molecule has 0 aromatic heterocycles. The molecule has 100 valence electrons. The van der Waals surface area contributed by atoms with Crippen LogP contribution in [0.4, 0.5) is 0 Å². The summed E-state index contributed by atoms with van der Waals surface area (Å²) in [6.45, 7) is 6.07. The van der Waals surface area contributed by atoms with E-state index >= 15 is 0 Å². The largest absolute Gasteiger partial charge is 0.508 e. The van der Waals surface area contributed by atoms with Gasteiger partial charge >= 0.3 is 0 Å². The average Bonchev–Trinajstić information content (AvgIpc) is 2.31. The number of aromatic hydroxyl groups is 1. The average molecular weight is 250 g/mol. The first-order chi connectivity index (χ1) is 8.40. The summed E-state index contributed by atoms with van der Waals surface area (Å²) >= 11 is 0. The van der Waals surface area contributed by atoms with E-state index in [0.717, 1.165) is 5.56 Å². The van der Waals surface area contributed by atoms with Gasteiger partial charge in [-0.05, 0) is 37.0 Å². The van der Waals surface area contributed by atoms with Gasteiger partial charge in [0.15, 0.2) is 0 Å². The number of rotatable bonds is 5. The molecule has 4 heteroatoms. The van der Waals surface area contributed by atoms with E-state index in [1.165, 1.54) is 0 Å². The summed E-state index contributed by atoms with van der Waals surface area (Å²) in [6.07, 6.45) is 0.469. The highest BCUT2D eigenvalue weighted by molar-refractivity contribution is 5.82. The molecule has 1 aromatic rings. The Balaban J connectivity index is 2.52. The fourth-order valence-electron chi connectivity index (χ4n) is 1.48. The monoisotopic (exact) mass is 250 g/mol. The molecule has 1 aromatic carbocycles. The first-order valence-corrected chi connectivity index (χ1v) is 6.24. The van der Waals surface area contributed by atoms with Crippen molar-refractivity contribution >= 4 is 5.91 Å². The molecule has 1 amide bonds. The number of phenolic OH excluding ortho intramolecular Hbond substituents is 1. The maximum Gasteiger partial charge on any atom is 0.237 e. The predicted molar refractivity (Wildman–Crippen MR) is 72.2 cm³/mol. The third-order valence-corrected chi connectivity index (χ3v) is 3.10. The Hall–Kier alpha value is -1.55. The maximum absolute atomic E-state index is 11.8. The van der Waals surface area contributed by atoms with Crippen molar-refractivity contribution in [3.8, 4) is 5.75 Å². The van der Waals surface area contributed by atoms with E-state index in [4.69, 9.17) is 10.8 Å². The Morgan fingerprint density at radius 2 is 1.83 bits per heavy atom. The molecule has 0 saturated carbocycles. The van der Waals surface area contributed by atoms with Crippen LogP contribution in [0.5, 0.6) is 5.75 Å². The smallest absolute Gasteiger partial charge is 0.237 e. The van der Waals surface area contributed by atoms with E-state index < -0.39 is 6.04 Å². The summed E-state index contributed by atoms with van der Waals surface area (Å²) in [7, 11) is 0. The van der Waals surface area contributed by atoms with Crippen molar-refractivity contribution in [2.45, 2.75) is 39.3 Å². The highest BCUT2D eigenvalue weighted by Crippen LogP contribution is 2.11. The number of hydrogen-bond donors (Lipinski definition) is 3. The summed E-state index contributed by atoms with van der Waals surface area (Å²) in [5.41, 5.74) is 6.80. The van der Waals surface area contributed by atoms with E-state index in [1.54, 1.807) is 24.3 Å². The SMILES string of the molecule is CC(C)C(C)NC(=O)[C@@H](N)Cc1ccc(O)cc1. The van der Waals surface area contributed by atoms with Crippen LogP contribution in [0.1, 0.15) is 26.3 Å². The number of carbonyl (C=O) groups excluding carboxylic acids is 1. The zero-order chi connectivity index (χ0) is 13.7. The molecule has 1 unspecified atom stereocenters. The second-order valence-corrected chi connectivity index (χ2v) is 5.02. The standard InChI is InChI=1S/C14H22N2O2/c1-9(2)10(3)16-14(18)13(15)8-11-4-6-12(17)7-5-11/h4-7,9-10,13,17H,8,15H2,1-3H3,(H,16,18)/t10?,13-/m0/s1. The normalized spacial score (nSPS) is 14.3. The van der Waals surface area contributed by atoms with Gasteiger partial charge in [0.1, 0.15) is 5.75 Å². The zero-order valence-electron chi connectivity index (χ0n) is 11.2. The van der Waals surface area contributed by atoms with Crippen LogP contribution in [-0.4, -0.2) is 23.1 Å². The Morgan fingerprint density at radius 3 is 2.33 bits per heavy atom. The van der Waals surface area contributed by atoms with Crippen LogP contribution >= 0.6 is 0 Å². The van der Waals surface area contributed by atoms with E-state index in [9.17, 15) is 4.79 Å². The van der Waals surface area contributed by atoms with Gasteiger partial charge in [-0.3, -0.25) is 4.79 Å². The third kappa shape index (κ3) is 4.37. The molecule has 0 spiro atoms. The van der Waals surface area contributed by atoms with Gasteiger partial charge in [0, 0.05) is 6.04 Å². The lowest BCUT2D eigenvalue weighted by molar-refractivity contribution is -0.123. The molecule has 18 heavy (non-hydrogen) atoms. The van der Waals surface area contributed by atoms with Gasteiger partial charge in [0.25, 0.3) is 0 Å². The van der Waals surface area contributed by atoms with Crippen molar-refractivity contribution in [3.63, 3.8) is 0 Å². The molecule has 0 aliphatic heterocycles. The van der Waals surface area contributed by atoms with Crippen LogP contribution in [0, 0.1) is 5.92 Å².